The molecule has 282 valence electrons. The van der Waals surface area contributed by atoms with Crippen molar-refractivity contribution < 1.29 is 81.4 Å². The smallest absolute Gasteiger partial charge is 0.335 e. The normalized spacial score (nSPS) is 15.6. The highest BCUT2D eigenvalue weighted by Crippen LogP contribution is 2.14. The van der Waals surface area contributed by atoms with Crippen LogP contribution in [0.3, 0.4) is 0 Å². The molecule has 2 heterocycles. The summed E-state index contributed by atoms with van der Waals surface area (Å²) in [4.78, 5) is 66.9. The molecule has 1 atom stereocenters. The quantitative estimate of drug-likeness (QED) is 0.0487. The molecule has 0 spiro atoms. The molecule has 0 radical (unpaired) electrons. The summed E-state index contributed by atoms with van der Waals surface area (Å²) in [6, 6.07) is 0. The van der Waals surface area contributed by atoms with E-state index < -0.39 is 35.9 Å². The van der Waals surface area contributed by atoms with Crippen molar-refractivity contribution in [2.24, 2.45) is 0 Å². The monoisotopic (exact) mass is 710 g/mol. The maximum absolute atomic E-state index is 11.6. The number of ether oxygens (including phenoxy) is 9. The lowest BCUT2D eigenvalue weighted by atomic mass is 10.4. The second-order valence-electron chi connectivity index (χ2n) is 10.2. The van der Waals surface area contributed by atoms with Crippen molar-refractivity contribution in [3.63, 3.8) is 0 Å². The maximum Gasteiger partial charge on any atom is 0.335 e. The molecule has 2 saturated heterocycles. The summed E-state index contributed by atoms with van der Waals surface area (Å²) >= 11 is 0. The summed E-state index contributed by atoms with van der Waals surface area (Å²) < 4.78 is 48.5. The van der Waals surface area contributed by atoms with Gasteiger partial charge in [-0.15, -0.1) is 5.06 Å². The van der Waals surface area contributed by atoms with Gasteiger partial charge in [0.15, 0.2) is 6.29 Å². The molecule has 0 aliphatic carbocycles. The maximum atomic E-state index is 11.6. The lowest BCUT2D eigenvalue weighted by Gasteiger charge is -2.18. The molecular formula is C30H50N2O17. The predicted molar refractivity (Wildman–Crippen MR) is 162 cm³/mol. The number of imide groups is 2. The molecule has 0 bridgehead atoms. The Labute approximate surface area is 285 Å². The van der Waals surface area contributed by atoms with E-state index in [1.54, 1.807) is 0 Å². The second kappa shape index (κ2) is 28.1. The fraction of sp³-hybridized carbons (Fsp3) is 0.833. The minimum absolute atomic E-state index is 0.0513. The molecule has 0 aromatic carbocycles. The summed E-state index contributed by atoms with van der Waals surface area (Å²) in [7, 11) is 0. The van der Waals surface area contributed by atoms with E-state index in [9.17, 15) is 29.1 Å². The van der Waals surface area contributed by atoms with Gasteiger partial charge in [0.25, 0.3) is 23.6 Å². The second-order valence-corrected chi connectivity index (χ2v) is 10.2. The van der Waals surface area contributed by atoms with Crippen LogP contribution in [0.15, 0.2) is 0 Å². The Morgan fingerprint density at radius 1 is 0.469 bits per heavy atom. The van der Waals surface area contributed by atoms with Gasteiger partial charge in [0.2, 0.25) is 0 Å². The van der Waals surface area contributed by atoms with E-state index in [2.05, 4.69) is 0 Å². The number of carbonyl (C=O) groups is 5. The van der Waals surface area contributed by atoms with Crippen LogP contribution in [0.5, 0.6) is 0 Å². The Kier molecular flexibility index (Phi) is 24.3. The molecule has 2 fully saturated rings. The van der Waals surface area contributed by atoms with Crippen molar-refractivity contribution in [3.05, 3.63) is 0 Å². The van der Waals surface area contributed by atoms with Crippen LogP contribution in [0, 0.1) is 0 Å². The van der Waals surface area contributed by atoms with Gasteiger partial charge in [-0.2, -0.15) is 5.06 Å². The van der Waals surface area contributed by atoms with Crippen molar-refractivity contribution >= 4 is 29.6 Å². The van der Waals surface area contributed by atoms with Crippen LogP contribution >= 0.6 is 0 Å². The number of amides is 4. The minimum Gasteiger partial charge on any atom is -0.379 e. The molecule has 0 saturated carbocycles. The van der Waals surface area contributed by atoms with Crippen LogP contribution in [0.4, 0.5) is 0 Å². The molecule has 0 aromatic rings. The topological polar surface area (TPSA) is 214 Å². The first-order valence-corrected chi connectivity index (χ1v) is 16.4. The Morgan fingerprint density at radius 2 is 0.755 bits per heavy atom. The van der Waals surface area contributed by atoms with Crippen LogP contribution in [0.1, 0.15) is 38.5 Å². The Morgan fingerprint density at radius 3 is 1.10 bits per heavy atom. The highest BCUT2D eigenvalue weighted by Gasteiger charge is 2.33. The number of nitrogens with zero attached hydrogens (tertiary/aromatic N) is 2. The van der Waals surface area contributed by atoms with Gasteiger partial charge in [-0.25, -0.2) is 9.63 Å². The molecule has 19 nitrogen and oxygen atoms in total. The summed E-state index contributed by atoms with van der Waals surface area (Å²) in [6.07, 6.45) is -0.989. The van der Waals surface area contributed by atoms with Gasteiger partial charge in [-0.1, -0.05) is 0 Å². The number of aliphatic hydroxyl groups is 1. The fourth-order valence-electron chi connectivity index (χ4n) is 3.85. The zero-order chi connectivity index (χ0) is 35.4. The van der Waals surface area contributed by atoms with Crippen LogP contribution in [0.2, 0.25) is 0 Å². The molecule has 0 aromatic heterocycles. The van der Waals surface area contributed by atoms with Gasteiger partial charge < -0.3 is 52.6 Å². The number of rotatable bonds is 33. The predicted octanol–water partition coefficient (Wildman–Crippen LogP) is -1.08. The van der Waals surface area contributed by atoms with Gasteiger partial charge in [-0.05, 0) is 0 Å². The number of hydrogen-bond acceptors (Lipinski definition) is 17. The summed E-state index contributed by atoms with van der Waals surface area (Å²) in [5, 5.41) is 10.9. The van der Waals surface area contributed by atoms with Crippen LogP contribution < -0.4 is 0 Å². The third-order valence-corrected chi connectivity index (χ3v) is 6.37. The van der Waals surface area contributed by atoms with Gasteiger partial charge in [0.1, 0.15) is 0 Å². The number of hydrogen-bond donors (Lipinski definition) is 1. The van der Waals surface area contributed by atoms with Crippen LogP contribution in [-0.4, -0.2) is 170 Å². The molecule has 2 rings (SSSR count). The van der Waals surface area contributed by atoms with Crippen molar-refractivity contribution in [2.75, 3.05) is 119 Å². The largest absolute Gasteiger partial charge is 0.379 e. The first kappa shape index (κ1) is 42.5. The first-order chi connectivity index (χ1) is 23.9. The number of hydroxylamine groups is 4. The molecule has 1 N–H and O–H groups in total. The summed E-state index contributed by atoms with van der Waals surface area (Å²) in [5.74, 6) is -2.66. The molecule has 49 heavy (non-hydrogen) atoms. The molecule has 1 unspecified atom stereocenters. The Bertz CT molecular complexity index is 923. The van der Waals surface area contributed by atoms with E-state index >= 15 is 0 Å². The Hall–Kier alpha value is -2.69. The molecule has 2 aliphatic rings. The summed E-state index contributed by atoms with van der Waals surface area (Å²) in [5.41, 5.74) is 0. The third kappa shape index (κ3) is 21.2. The zero-order valence-electron chi connectivity index (χ0n) is 27.9. The van der Waals surface area contributed by atoms with E-state index in [1.165, 1.54) is 0 Å². The number of aliphatic hydroxyl groups excluding tert-OH is 1. The minimum atomic E-state index is -1.30. The zero-order valence-corrected chi connectivity index (χ0v) is 27.9. The van der Waals surface area contributed by atoms with Gasteiger partial charge in [0.05, 0.1) is 125 Å². The van der Waals surface area contributed by atoms with Crippen molar-refractivity contribution in [3.8, 4) is 0 Å². The Balaban J connectivity index is 1.18. The molecule has 2 aliphatic heterocycles. The van der Waals surface area contributed by atoms with E-state index in [4.69, 9.17) is 52.3 Å². The van der Waals surface area contributed by atoms with Crippen molar-refractivity contribution in [1.82, 2.24) is 10.1 Å². The molecule has 4 amide bonds. The van der Waals surface area contributed by atoms with Crippen molar-refractivity contribution in [2.45, 2.75) is 44.8 Å². The van der Waals surface area contributed by atoms with Gasteiger partial charge in [0, 0.05) is 32.1 Å². The van der Waals surface area contributed by atoms with Crippen molar-refractivity contribution in [1.29, 1.82) is 0 Å². The lowest BCUT2D eigenvalue weighted by molar-refractivity contribution is -0.247. The average molecular weight is 711 g/mol. The standard InChI is InChI=1S/C30H50N2O17/c33-25-1-2-26(34)31(25)48-29(37)5-7-39-9-11-41-13-15-43-17-19-45-21-23-47-24-22-46-20-18-44-16-14-42-12-10-40-8-6-30(38)49-32-27(35)3-4-28(32)36/h29,37H,1-24H2. The lowest BCUT2D eigenvalue weighted by Crippen LogP contribution is -2.34. The van der Waals surface area contributed by atoms with E-state index in [-0.39, 0.29) is 58.3 Å². The molecule has 19 heteroatoms. The van der Waals surface area contributed by atoms with Gasteiger partial charge >= 0.3 is 5.97 Å². The van der Waals surface area contributed by atoms with Crippen LogP contribution in [-0.2, 0) is 76.3 Å². The van der Waals surface area contributed by atoms with E-state index in [1.807, 2.05) is 0 Å². The van der Waals surface area contributed by atoms with E-state index in [0.29, 0.717) is 109 Å². The van der Waals surface area contributed by atoms with Crippen LogP contribution in [0.25, 0.3) is 0 Å². The average Bonchev–Trinajstić information content (AvgIpc) is 3.57. The van der Waals surface area contributed by atoms with E-state index in [0.717, 1.165) is 0 Å². The highest BCUT2D eigenvalue weighted by atomic mass is 16.8. The van der Waals surface area contributed by atoms with Gasteiger partial charge in [-0.3, -0.25) is 19.2 Å². The molecular weight excluding hydrogens is 660 g/mol. The number of carbonyl (C=O) groups excluding carboxylic acids is 5. The fourth-order valence-corrected chi connectivity index (χ4v) is 3.85. The first-order valence-electron chi connectivity index (χ1n) is 16.4. The summed E-state index contributed by atoms with van der Waals surface area (Å²) in [6.45, 7) is 6.55. The SMILES string of the molecule is O=C(CCOCCOCCOCCOCCOCCOCCOCCOCCOCCC(O)ON1C(=O)CCC1=O)ON1C(=O)CCC1=O. The third-order valence-electron chi connectivity index (χ3n) is 6.37. The highest BCUT2D eigenvalue weighted by molar-refractivity contribution is 6.01.